The number of carbonyl (C=O) groups is 2. The SMILES string of the molecule is O=C(NCCO)C1=C[C@@H](N(C(=O)c2cc3ccccc3oc2=O)C2CCCC2)[C@H](O)[C@H]2Oc3ccccc3[C@@H]12. The lowest BCUT2D eigenvalue weighted by molar-refractivity contribution is -0.118. The molecule has 0 radical (unpaired) electrons. The first-order valence-electron chi connectivity index (χ1n) is 13.4. The minimum atomic E-state index is -1.16. The van der Waals surface area contributed by atoms with Gasteiger partial charge in [-0.1, -0.05) is 49.2 Å². The molecule has 1 saturated carbocycles. The van der Waals surface area contributed by atoms with Crippen LogP contribution < -0.4 is 15.7 Å². The van der Waals surface area contributed by atoms with Gasteiger partial charge in [0.2, 0.25) is 5.91 Å². The van der Waals surface area contributed by atoms with Crippen molar-refractivity contribution in [2.45, 2.75) is 55.9 Å². The van der Waals surface area contributed by atoms with E-state index < -0.39 is 41.6 Å². The van der Waals surface area contributed by atoms with Gasteiger partial charge in [0, 0.05) is 29.1 Å². The fourth-order valence-corrected chi connectivity index (χ4v) is 6.24. The van der Waals surface area contributed by atoms with Crippen LogP contribution in [0.3, 0.4) is 0 Å². The molecule has 3 N–H and O–H groups in total. The summed E-state index contributed by atoms with van der Waals surface area (Å²) in [6.45, 7) is -0.163. The number of nitrogens with one attached hydrogen (secondary N) is 1. The Balaban J connectivity index is 1.46. The van der Waals surface area contributed by atoms with E-state index in [1.54, 1.807) is 41.3 Å². The van der Waals surface area contributed by atoms with Crippen molar-refractivity contribution in [3.63, 3.8) is 0 Å². The van der Waals surface area contributed by atoms with E-state index in [1.165, 1.54) is 6.07 Å². The number of aliphatic hydroxyl groups is 2. The molecule has 3 aromatic rings. The molecule has 2 amide bonds. The quantitative estimate of drug-likeness (QED) is 0.418. The number of hydrogen-bond donors (Lipinski definition) is 3. The van der Waals surface area contributed by atoms with Crippen molar-refractivity contribution >= 4 is 22.8 Å². The lowest BCUT2D eigenvalue weighted by Gasteiger charge is -2.43. The second-order valence-corrected chi connectivity index (χ2v) is 10.3. The first-order valence-corrected chi connectivity index (χ1v) is 13.4. The monoisotopic (exact) mass is 530 g/mol. The smallest absolute Gasteiger partial charge is 0.349 e. The topological polar surface area (TPSA) is 129 Å². The molecule has 39 heavy (non-hydrogen) atoms. The lowest BCUT2D eigenvalue weighted by Crippen LogP contribution is -2.58. The Morgan fingerprint density at radius 1 is 1.05 bits per heavy atom. The number of ether oxygens (including phenoxy) is 1. The van der Waals surface area contributed by atoms with E-state index in [1.807, 2.05) is 18.2 Å². The summed E-state index contributed by atoms with van der Waals surface area (Å²) < 4.78 is 11.6. The number of para-hydroxylation sites is 2. The van der Waals surface area contributed by atoms with E-state index in [4.69, 9.17) is 9.15 Å². The van der Waals surface area contributed by atoms with Crippen LogP contribution in [0.1, 0.15) is 47.5 Å². The maximum absolute atomic E-state index is 14.2. The van der Waals surface area contributed by atoms with Crippen LogP contribution in [0.2, 0.25) is 0 Å². The van der Waals surface area contributed by atoms with Crippen molar-refractivity contribution in [3.05, 3.63) is 87.8 Å². The van der Waals surface area contributed by atoms with Crippen LogP contribution in [-0.4, -0.2) is 64.4 Å². The Labute approximate surface area is 224 Å². The number of fused-ring (bicyclic) bond motifs is 4. The van der Waals surface area contributed by atoms with E-state index in [-0.39, 0.29) is 24.8 Å². The molecular weight excluding hydrogens is 500 g/mol. The van der Waals surface area contributed by atoms with Gasteiger partial charge in [-0.25, -0.2) is 4.79 Å². The second kappa shape index (κ2) is 10.3. The summed E-state index contributed by atoms with van der Waals surface area (Å²) in [5.41, 5.74) is 0.644. The zero-order chi connectivity index (χ0) is 27.1. The summed E-state index contributed by atoms with van der Waals surface area (Å²) in [5, 5.41) is 24.3. The summed E-state index contributed by atoms with van der Waals surface area (Å²) in [4.78, 5) is 42.0. The van der Waals surface area contributed by atoms with Gasteiger partial charge < -0.3 is 29.6 Å². The highest BCUT2D eigenvalue weighted by Gasteiger charge is 2.51. The Morgan fingerprint density at radius 3 is 2.59 bits per heavy atom. The molecule has 2 aliphatic carbocycles. The molecule has 9 heteroatoms. The van der Waals surface area contributed by atoms with Gasteiger partial charge in [-0.2, -0.15) is 0 Å². The molecule has 0 unspecified atom stereocenters. The Kier molecular flexibility index (Phi) is 6.70. The number of hydrogen-bond acceptors (Lipinski definition) is 7. The molecule has 1 fully saturated rings. The van der Waals surface area contributed by atoms with Gasteiger partial charge in [0.15, 0.2) is 0 Å². The van der Waals surface area contributed by atoms with Crippen molar-refractivity contribution in [3.8, 4) is 5.75 Å². The van der Waals surface area contributed by atoms with E-state index in [0.717, 1.165) is 18.4 Å². The Hall–Kier alpha value is -3.95. The van der Waals surface area contributed by atoms with Gasteiger partial charge in [-0.05, 0) is 37.1 Å². The van der Waals surface area contributed by atoms with Gasteiger partial charge >= 0.3 is 5.63 Å². The Bertz CT molecular complexity index is 1510. The number of aliphatic hydroxyl groups excluding tert-OH is 2. The minimum absolute atomic E-state index is 0.0622. The van der Waals surface area contributed by atoms with Gasteiger partial charge in [0.05, 0.1) is 18.6 Å². The molecule has 0 spiro atoms. The van der Waals surface area contributed by atoms with Gasteiger partial charge in [0.1, 0.15) is 29.1 Å². The lowest BCUT2D eigenvalue weighted by atomic mass is 9.77. The molecule has 3 aliphatic rings. The predicted molar refractivity (Wildman–Crippen MR) is 142 cm³/mol. The molecule has 0 saturated heterocycles. The standard InChI is InChI=1S/C30H30N2O7/c33-14-13-31-28(35)20-16-22(26(34)27-25(20)19-10-4-6-12-24(19)38-27)32(18-8-2-3-9-18)29(36)21-15-17-7-1-5-11-23(17)39-30(21)37/h1,4-7,10-12,15-16,18,22,25-27,33-34H,2-3,8-9,13-14H2,(H,31,35)/t22-,25+,26+,27+/m1/s1. The van der Waals surface area contributed by atoms with Crippen molar-refractivity contribution in [1.82, 2.24) is 10.2 Å². The average molecular weight is 531 g/mol. The summed E-state index contributed by atoms with van der Waals surface area (Å²) >= 11 is 0. The number of carbonyl (C=O) groups excluding carboxylic acids is 2. The molecule has 0 bridgehead atoms. The average Bonchev–Trinajstić information content (AvgIpc) is 3.61. The summed E-state index contributed by atoms with van der Waals surface area (Å²) in [5.74, 6) is -0.926. The number of rotatable bonds is 6. The van der Waals surface area contributed by atoms with Crippen LogP contribution >= 0.6 is 0 Å². The van der Waals surface area contributed by atoms with E-state index >= 15 is 0 Å². The zero-order valence-electron chi connectivity index (χ0n) is 21.3. The Morgan fingerprint density at radius 2 is 1.79 bits per heavy atom. The van der Waals surface area contributed by atoms with Crippen molar-refractivity contribution in [2.75, 3.05) is 13.2 Å². The molecule has 2 aromatic carbocycles. The predicted octanol–water partition coefficient (Wildman–Crippen LogP) is 2.50. The number of benzene rings is 2. The normalized spacial score (nSPS) is 24.0. The first kappa shape index (κ1) is 25.3. The van der Waals surface area contributed by atoms with E-state index in [0.29, 0.717) is 35.1 Å². The van der Waals surface area contributed by atoms with Crippen molar-refractivity contribution in [1.29, 1.82) is 0 Å². The largest absolute Gasteiger partial charge is 0.486 e. The third-order valence-corrected chi connectivity index (χ3v) is 8.02. The molecule has 202 valence electrons. The molecule has 4 atom stereocenters. The molecule has 9 nitrogen and oxygen atoms in total. The van der Waals surface area contributed by atoms with Gasteiger partial charge in [0.25, 0.3) is 5.91 Å². The maximum atomic E-state index is 14.2. The molecular formula is C30H30N2O7. The van der Waals surface area contributed by atoms with Gasteiger partial charge in [-0.15, -0.1) is 0 Å². The van der Waals surface area contributed by atoms with Crippen LogP contribution in [-0.2, 0) is 4.79 Å². The van der Waals surface area contributed by atoms with Crippen LogP contribution in [0.5, 0.6) is 5.75 Å². The number of nitrogens with zero attached hydrogens (tertiary/aromatic N) is 1. The molecule has 1 aromatic heterocycles. The minimum Gasteiger partial charge on any atom is -0.486 e. The van der Waals surface area contributed by atoms with Crippen LogP contribution in [0.25, 0.3) is 11.0 Å². The highest BCUT2D eigenvalue weighted by Crippen LogP contribution is 2.47. The van der Waals surface area contributed by atoms with Crippen LogP contribution in [0.4, 0.5) is 0 Å². The number of amides is 2. The summed E-state index contributed by atoms with van der Waals surface area (Å²) in [6.07, 6.45) is 2.91. The van der Waals surface area contributed by atoms with Crippen molar-refractivity contribution in [2.24, 2.45) is 0 Å². The molecule has 1 aliphatic heterocycles. The van der Waals surface area contributed by atoms with E-state index in [9.17, 15) is 24.6 Å². The molecule has 2 heterocycles. The highest BCUT2D eigenvalue weighted by atomic mass is 16.5. The third-order valence-electron chi connectivity index (χ3n) is 8.02. The van der Waals surface area contributed by atoms with E-state index in [2.05, 4.69) is 5.32 Å². The zero-order valence-corrected chi connectivity index (χ0v) is 21.3. The molecule has 6 rings (SSSR count). The maximum Gasteiger partial charge on any atom is 0.349 e. The van der Waals surface area contributed by atoms with Crippen LogP contribution in [0.15, 0.2) is 75.5 Å². The highest BCUT2D eigenvalue weighted by molar-refractivity contribution is 5.98. The summed E-state index contributed by atoms with van der Waals surface area (Å²) in [6, 6.07) is 14.7. The second-order valence-electron chi connectivity index (χ2n) is 10.3. The van der Waals surface area contributed by atoms with Crippen molar-refractivity contribution < 1.29 is 29.0 Å². The fraction of sp³-hybridized carbons (Fsp3) is 0.367. The fourth-order valence-electron chi connectivity index (χ4n) is 6.24. The van der Waals surface area contributed by atoms with Gasteiger partial charge in [-0.3, -0.25) is 9.59 Å². The van der Waals surface area contributed by atoms with Crippen LogP contribution in [0, 0.1) is 0 Å². The first-order chi connectivity index (χ1) is 19.0. The summed E-state index contributed by atoms with van der Waals surface area (Å²) in [7, 11) is 0. The third kappa shape index (κ3) is 4.41.